The third kappa shape index (κ3) is 6.27. The largest absolute Gasteiger partial charge is 0.311 e. The van der Waals surface area contributed by atoms with Crippen LogP contribution in [0.1, 0.15) is 18.9 Å². The molecule has 0 aliphatic heterocycles. The monoisotopic (exact) mass is 276 g/mol. The van der Waals surface area contributed by atoms with E-state index in [0.29, 0.717) is 6.04 Å². The van der Waals surface area contributed by atoms with Gasteiger partial charge in [0, 0.05) is 24.2 Å². The van der Waals surface area contributed by atoms with Crippen LogP contribution in [0.15, 0.2) is 24.3 Å². The summed E-state index contributed by atoms with van der Waals surface area (Å²) in [6.07, 6.45) is 1.16. The summed E-state index contributed by atoms with van der Waals surface area (Å²) >= 11 is 5.93. The van der Waals surface area contributed by atoms with E-state index in [2.05, 4.69) is 37.3 Å². The van der Waals surface area contributed by atoms with Gasteiger partial charge < -0.3 is 10.2 Å². The molecule has 0 saturated heterocycles. The zero-order chi connectivity index (χ0) is 12.0. The fourth-order valence-corrected chi connectivity index (χ4v) is 1.93. The molecule has 1 atom stereocenters. The molecule has 4 heteroatoms. The predicted octanol–water partition coefficient (Wildman–Crippen LogP) is 3.19. The summed E-state index contributed by atoms with van der Waals surface area (Å²) in [6.45, 7) is 4.10. The molecule has 0 aliphatic carbocycles. The second kappa shape index (κ2) is 8.76. The maximum Gasteiger partial charge on any atom is 0.0409 e. The SMILES string of the molecule is CCC(CNCc1cccc(Cl)c1)N(C)C.Cl. The van der Waals surface area contributed by atoms with Gasteiger partial charge in [-0.1, -0.05) is 30.7 Å². The lowest BCUT2D eigenvalue weighted by Crippen LogP contribution is -2.37. The zero-order valence-electron chi connectivity index (χ0n) is 10.7. The Morgan fingerprint density at radius 3 is 2.59 bits per heavy atom. The first-order valence-electron chi connectivity index (χ1n) is 5.75. The molecule has 98 valence electrons. The van der Waals surface area contributed by atoms with Gasteiger partial charge in [0.15, 0.2) is 0 Å². The smallest absolute Gasteiger partial charge is 0.0409 e. The molecule has 0 radical (unpaired) electrons. The minimum absolute atomic E-state index is 0. The molecule has 1 rings (SSSR count). The molecular weight excluding hydrogens is 255 g/mol. The Morgan fingerprint density at radius 2 is 2.06 bits per heavy atom. The molecule has 0 aromatic heterocycles. The quantitative estimate of drug-likeness (QED) is 0.859. The lowest BCUT2D eigenvalue weighted by atomic mass is 10.2. The highest BCUT2D eigenvalue weighted by Crippen LogP contribution is 2.10. The summed E-state index contributed by atoms with van der Waals surface area (Å²) in [7, 11) is 4.24. The Balaban J connectivity index is 0.00000256. The Labute approximate surface area is 116 Å². The molecule has 0 bridgehead atoms. The molecule has 1 aromatic carbocycles. The van der Waals surface area contributed by atoms with Gasteiger partial charge in [-0.3, -0.25) is 0 Å². The fraction of sp³-hybridized carbons (Fsp3) is 0.538. The lowest BCUT2D eigenvalue weighted by Gasteiger charge is -2.23. The van der Waals surface area contributed by atoms with Gasteiger partial charge in [0.25, 0.3) is 0 Å². The summed E-state index contributed by atoms with van der Waals surface area (Å²) in [5, 5.41) is 4.27. The standard InChI is InChI=1S/C13H21ClN2.ClH/c1-4-13(16(2)3)10-15-9-11-6-5-7-12(14)8-11;/h5-8,13,15H,4,9-10H2,1-3H3;1H. The topological polar surface area (TPSA) is 15.3 Å². The first-order chi connectivity index (χ1) is 7.63. The molecular formula is C13H22Cl2N2. The second-order valence-corrected chi connectivity index (χ2v) is 4.72. The van der Waals surface area contributed by atoms with Crippen molar-refractivity contribution in [3.8, 4) is 0 Å². The average Bonchev–Trinajstić information content (AvgIpc) is 2.24. The van der Waals surface area contributed by atoms with E-state index in [1.165, 1.54) is 5.56 Å². The number of hydrogen-bond acceptors (Lipinski definition) is 2. The van der Waals surface area contributed by atoms with Crippen LogP contribution in [0.25, 0.3) is 0 Å². The van der Waals surface area contributed by atoms with E-state index in [4.69, 9.17) is 11.6 Å². The van der Waals surface area contributed by atoms with E-state index in [1.807, 2.05) is 18.2 Å². The third-order valence-electron chi connectivity index (χ3n) is 2.80. The Morgan fingerprint density at radius 1 is 1.35 bits per heavy atom. The van der Waals surface area contributed by atoms with E-state index < -0.39 is 0 Å². The number of nitrogens with zero attached hydrogens (tertiary/aromatic N) is 1. The zero-order valence-corrected chi connectivity index (χ0v) is 12.3. The first kappa shape index (κ1) is 16.7. The van der Waals surface area contributed by atoms with Crippen LogP contribution in [-0.4, -0.2) is 31.6 Å². The molecule has 0 saturated carbocycles. The minimum Gasteiger partial charge on any atom is -0.311 e. The predicted molar refractivity (Wildman–Crippen MR) is 78.2 cm³/mol. The van der Waals surface area contributed by atoms with Crippen molar-refractivity contribution in [3.05, 3.63) is 34.9 Å². The van der Waals surface area contributed by atoms with Gasteiger partial charge in [-0.2, -0.15) is 0 Å². The van der Waals surface area contributed by atoms with E-state index in [0.717, 1.165) is 24.5 Å². The van der Waals surface area contributed by atoms with E-state index in [9.17, 15) is 0 Å². The fourth-order valence-electron chi connectivity index (χ4n) is 1.72. The number of likely N-dealkylation sites (N-methyl/N-ethyl adjacent to an activating group) is 1. The maximum absolute atomic E-state index is 5.93. The third-order valence-corrected chi connectivity index (χ3v) is 3.03. The van der Waals surface area contributed by atoms with Crippen molar-refractivity contribution in [1.82, 2.24) is 10.2 Å². The van der Waals surface area contributed by atoms with Crippen molar-refractivity contribution in [2.75, 3.05) is 20.6 Å². The van der Waals surface area contributed by atoms with Crippen LogP contribution in [0, 0.1) is 0 Å². The van der Waals surface area contributed by atoms with Crippen LogP contribution in [0.3, 0.4) is 0 Å². The van der Waals surface area contributed by atoms with Crippen LogP contribution < -0.4 is 5.32 Å². The Bertz CT molecular complexity index is 316. The summed E-state index contributed by atoms with van der Waals surface area (Å²) in [4.78, 5) is 2.25. The minimum atomic E-state index is 0. The number of hydrogen-bond donors (Lipinski definition) is 1. The highest BCUT2D eigenvalue weighted by Gasteiger charge is 2.07. The van der Waals surface area contributed by atoms with Crippen molar-refractivity contribution in [3.63, 3.8) is 0 Å². The molecule has 1 N–H and O–H groups in total. The van der Waals surface area contributed by atoms with Crippen molar-refractivity contribution in [2.24, 2.45) is 0 Å². The van der Waals surface area contributed by atoms with Gasteiger partial charge >= 0.3 is 0 Å². The van der Waals surface area contributed by atoms with Crippen molar-refractivity contribution < 1.29 is 0 Å². The first-order valence-corrected chi connectivity index (χ1v) is 6.13. The Kier molecular flexibility index (Phi) is 8.61. The van der Waals surface area contributed by atoms with Gasteiger partial charge in [0.05, 0.1) is 0 Å². The van der Waals surface area contributed by atoms with Gasteiger partial charge in [0.1, 0.15) is 0 Å². The van der Waals surface area contributed by atoms with E-state index in [1.54, 1.807) is 0 Å². The summed E-state index contributed by atoms with van der Waals surface area (Å²) in [6, 6.07) is 8.59. The highest BCUT2D eigenvalue weighted by atomic mass is 35.5. The van der Waals surface area contributed by atoms with Gasteiger partial charge in [-0.05, 0) is 38.2 Å². The molecule has 0 amide bonds. The van der Waals surface area contributed by atoms with Crippen molar-refractivity contribution >= 4 is 24.0 Å². The maximum atomic E-state index is 5.93. The van der Waals surface area contributed by atoms with Crippen molar-refractivity contribution in [2.45, 2.75) is 25.9 Å². The molecule has 0 spiro atoms. The van der Waals surface area contributed by atoms with E-state index in [-0.39, 0.29) is 12.4 Å². The van der Waals surface area contributed by atoms with Crippen LogP contribution in [0.2, 0.25) is 5.02 Å². The molecule has 0 fully saturated rings. The summed E-state index contributed by atoms with van der Waals surface area (Å²) in [5.74, 6) is 0. The highest BCUT2D eigenvalue weighted by molar-refractivity contribution is 6.30. The molecule has 0 aliphatic rings. The second-order valence-electron chi connectivity index (χ2n) is 4.29. The van der Waals surface area contributed by atoms with Crippen LogP contribution in [0.5, 0.6) is 0 Å². The van der Waals surface area contributed by atoms with Gasteiger partial charge in [-0.25, -0.2) is 0 Å². The number of rotatable bonds is 6. The van der Waals surface area contributed by atoms with Crippen LogP contribution in [0.4, 0.5) is 0 Å². The van der Waals surface area contributed by atoms with Crippen LogP contribution >= 0.6 is 24.0 Å². The number of halogens is 2. The molecule has 0 heterocycles. The Hall–Kier alpha value is -0.280. The number of benzene rings is 1. The summed E-state index contributed by atoms with van der Waals surface area (Å²) < 4.78 is 0. The number of nitrogens with one attached hydrogen (secondary N) is 1. The molecule has 17 heavy (non-hydrogen) atoms. The molecule has 1 unspecified atom stereocenters. The summed E-state index contributed by atoms with van der Waals surface area (Å²) in [5.41, 5.74) is 1.24. The van der Waals surface area contributed by atoms with Crippen molar-refractivity contribution in [1.29, 1.82) is 0 Å². The van der Waals surface area contributed by atoms with Gasteiger partial charge in [-0.15, -0.1) is 12.4 Å². The normalized spacial score (nSPS) is 12.3. The van der Waals surface area contributed by atoms with Gasteiger partial charge in [0.2, 0.25) is 0 Å². The van der Waals surface area contributed by atoms with Crippen LogP contribution in [-0.2, 0) is 6.54 Å². The lowest BCUT2D eigenvalue weighted by molar-refractivity contribution is 0.276. The van der Waals surface area contributed by atoms with E-state index >= 15 is 0 Å². The molecule has 1 aromatic rings. The average molecular weight is 277 g/mol. The molecule has 2 nitrogen and oxygen atoms in total.